The minimum Gasteiger partial charge on any atom is -0.384 e. The van der Waals surface area contributed by atoms with E-state index in [2.05, 4.69) is 10.6 Å². The van der Waals surface area contributed by atoms with Gasteiger partial charge in [-0.1, -0.05) is 6.07 Å². The number of Topliss-reactive ketones (excluding diaryl/α,β-unsaturated/α-hetero) is 1. The van der Waals surface area contributed by atoms with Crippen LogP contribution in [0.5, 0.6) is 0 Å². The zero-order valence-corrected chi connectivity index (χ0v) is 12.2. The summed E-state index contributed by atoms with van der Waals surface area (Å²) in [5.74, 6) is -0.489. The molecule has 114 valence electrons. The van der Waals surface area contributed by atoms with Crippen molar-refractivity contribution in [3.05, 3.63) is 59.9 Å². The summed E-state index contributed by atoms with van der Waals surface area (Å²) in [5.41, 5.74) is 1.88. The maximum Gasteiger partial charge on any atom is 0.226 e. The second-order valence-electron chi connectivity index (χ2n) is 4.87. The van der Waals surface area contributed by atoms with Crippen molar-refractivity contribution in [1.82, 2.24) is 0 Å². The van der Waals surface area contributed by atoms with Gasteiger partial charge in [0.15, 0.2) is 5.78 Å². The van der Waals surface area contributed by atoms with E-state index in [1.54, 1.807) is 36.4 Å². The van der Waals surface area contributed by atoms with E-state index in [4.69, 9.17) is 0 Å². The SMILES string of the molecule is CC(=O)c1ccc(NC(=O)CCNc2cccc(F)c2)cc1. The van der Waals surface area contributed by atoms with Crippen molar-refractivity contribution in [2.45, 2.75) is 13.3 Å². The average Bonchev–Trinajstić information content (AvgIpc) is 2.48. The van der Waals surface area contributed by atoms with Crippen molar-refractivity contribution >= 4 is 23.1 Å². The number of hydrogen-bond acceptors (Lipinski definition) is 3. The van der Waals surface area contributed by atoms with Gasteiger partial charge >= 0.3 is 0 Å². The monoisotopic (exact) mass is 300 g/mol. The van der Waals surface area contributed by atoms with Crippen LogP contribution in [0.15, 0.2) is 48.5 Å². The second-order valence-corrected chi connectivity index (χ2v) is 4.87. The molecular weight excluding hydrogens is 283 g/mol. The van der Waals surface area contributed by atoms with Gasteiger partial charge in [-0.3, -0.25) is 9.59 Å². The molecule has 0 aromatic heterocycles. The molecule has 2 rings (SSSR count). The molecule has 2 aromatic rings. The van der Waals surface area contributed by atoms with E-state index in [1.165, 1.54) is 19.1 Å². The molecule has 1 amide bonds. The fraction of sp³-hybridized carbons (Fsp3) is 0.176. The van der Waals surface area contributed by atoms with Crippen LogP contribution in [0.25, 0.3) is 0 Å². The first-order valence-electron chi connectivity index (χ1n) is 6.95. The second kappa shape index (κ2) is 7.36. The molecule has 0 atom stereocenters. The van der Waals surface area contributed by atoms with E-state index in [-0.39, 0.29) is 23.9 Å². The number of carbonyl (C=O) groups excluding carboxylic acids is 2. The quantitative estimate of drug-likeness (QED) is 0.803. The largest absolute Gasteiger partial charge is 0.384 e. The Bertz CT molecular complexity index is 669. The van der Waals surface area contributed by atoms with Crippen LogP contribution in [-0.4, -0.2) is 18.2 Å². The Kier molecular flexibility index (Phi) is 5.25. The van der Waals surface area contributed by atoms with Crippen molar-refractivity contribution in [1.29, 1.82) is 0 Å². The topological polar surface area (TPSA) is 58.2 Å². The van der Waals surface area contributed by atoms with Gasteiger partial charge in [-0.2, -0.15) is 0 Å². The van der Waals surface area contributed by atoms with Crippen LogP contribution in [0.2, 0.25) is 0 Å². The molecule has 0 fully saturated rings. The molecule has 0 saturated carbocycles. The third-order valence-corrected chi connectivity index (χ3v) is 3.08. The summed E-state index contributed by atoms with van der Waals surface area (Å²) in [6.07, 6.45) is 0.255. The number of amides is 1. The minimum absolute atomic E-state index is 0.0165. The molecule has 0 aliphatic heterocycles. The number of nitrogens with one attached hydrogen (secondary N) is 2. The Labute approximate surface area is 128 Å². The number of benzene rings is 2. The van der Waals surface area contributed by atoms with Crippen LogP contribution in [0.3, 0.4) is 0 Å². The molecule has 0 bridgehead atoms. The molecule has 2 aromatic carbocycles. The molecule has 4 nitrogen and oxygen atoms in total. The number of ketones is 1. The molecule has 0 spiro atoms. The van der Waals surface area contributed by atoms with Crippen molar-refractivity contribution in [2.75, 3.05) is 17.2 Å². The van der Waals surface area contributed by atoms with Gasteiger partial charge in [-0.05, 0) is 49.4 Å². The highest BCUT2D eigenvalue weighted by atomic mass is 19.1. The van der Waals surface area contributed by atoms with E-state index < -0.39 is 0 Å². The van der Waals surface area contributed by atoms with E-state index in [0.717, 1.165) is 0 Å². The van der Waals surface area contributed by atoms with Gasteiger partial charge in [0, 0.05) is 29.9 Å². The minimum atomic E-state index is -0.319. The van der Waals surface area contributed by atoms with Gasteiger partial charge in [0.1, 0.15) is 5.82 Å². The van der Waals surface area contributed by atoms with Crippen LogP contribution in [0, 0.1) is 5.82 Å². The Balaban J connectivity index is 1.79. The smallest absolute Gasteiger partial charge is 0.226 e. The molecule has 22 heavy (non-hydrogen) atoms. The summed E-state index contributed by atoms with van der Waals surface area (Å²) in [6, 6.07) is 12.8. The fourth-order valence-electron chi connectivity index (χ4n) is 1.93. The lowest BCUT2D eigenvalue weighted by molar-refractivity contribution is -0.115. The zero-order valence-electron chi connectivity index (χ0n) is 12.2. The first kappa shape index (κ1) is 15.7. The summed E-state index contributed by atoms with van der Waals surface area (Å²) in [5, 5.41) is 5.72. The lowest BCUT2D eigenvalue weighted by Crippen LogP contribution is -2.16. The van der Waals surface area contributed by atoms with E-state index in [9.17, 15) is 14.0 Å². The van der Waals surface area contributed by atoms with Crippen LogP contribution in [0.1, 0.15) is 23.7 Å². The first-order valence-corrected chi connectivity index (χ1v) is 6.95. The predicted molar refractivity (Wildman–Crippen MR) is 84.6 cm³/mol. The fourth-order valence-corrected chi connectivity index (χ4v) is 1.93. The normalized spacial score (nSPS) is 10.1. The van der Waals surface area contributed by atoms with Crippen molar-refractivity contribution in [3.8, 4) is 0 Å². The van der Waals surface area contributed by atoms with Crippen LogP contribution >= 0.6 is 0 Å². The molecule has 0 aliphatic carbocycles. The Morgan fingerprint density at radius 2 is 1.77 bits per heavy atom. The summed E-state index contributed by atoms with van der Waals surface area (Å²) in [4.78, 5) is 23.0. The molecule has 0 saturated heterocycles. The summed E-state index contributed by atoms with van der Waals surface area (Å²) in [6.45, 7) is 1.90. The Hall–Kier alpha value is -2.69. The molecule has 0 radical (unpaired) electrons. The third-order valence-electron chi connectivity index (χ3n) is 3.08. The number of halogens is 1. The van der Waals surface area contributed by atoms with Crippen LogP contribution < -0.4 is 10.6 Å². The Morgan fingerprint density at radius 1 is 1.05 bits per heavy atom. The first-order chi connectivity index (χ1) is 10.5. The lowest BCUT2D eigenvalue weighted by Gasteiger charge is -2.08. The highest BCUT2D eigenvalue weighted by Crippen LogP contribution is 2.11. The average molecular weight is 300 g/mol. The molecule has 0 unspecified atom stereocenters. The maximum atomic E-state index is 13.0. The van der Waals surface area contributed by atoms with Gasteiger partial charge in [0.2, 0.25) is 5.91 Å². The van der Waals surface area contributed by atoms with Crippen LogP contribution in [0.4, 0.5) is 15.8 Å². The van der Waals surface area contributed by atoms with Gasteiger partial charge < -0.3 is 10.6 Å². The standard InChI is InChI=1S/C17H17FN2O2/c1-12(21)13-5-7-15(8-6-13)20-17(22)9-10-19-16-4-2-3-14(18)11-16/h2-8,11,19H,9-10H2,1H3,(H,20,22). The molecular formula is C17H17FN2O2. The van der Waals surface area contributed by atoms with Gasteiger partial charge in [-0.15, -0.1) is 0 Å². The summed E-state index contributed by atoms with van der Waals surface area (Å²) in [7, 11) is 0. The number of rotatable bonds is 6. The molecule has 5 heteroatoms. The van der Waals surface area contributed by atoms with Gasteiger partial charge in [-0.25, -0.2) is 4.39 Å². The summed E-state index contributed by atoms with van der Waals surface area (Å²) < 4.78 is 13.0. The Morgan fingerprint density at radius 3 is 2.41 bits per heavy atom. The third kappa shape index (κ3) is 4.70. The van der Waals surface area contributed by atoms with Crippen molar-refractivity contribution in [3.63, 3.8) is 0 Å². The van der Waals surface area contributed by atoms with Gasteiger partial charge in [0.05, 0.1) is 0 Å². The number of hydrogen-bond donors (Lipinski definition) is 2. The van der Waals surface area contributed by atoms with E-state index in [1.807, 2.05) is 0 Å². The maximum absolute atomic E-state index is 13.0. The molecule has 0 aliphatic rings. The van der Waals surface area contributed by atoms with Crippen molar-refractivity contribution in [2.24, 2.45) is 0 Å². The van der Waals surface area contributed by atoms with Crippen LogP contribution in [-0.2, 0) is 4.79 Å². The highest BCUT2D eigenvalue weighted by Gasteiger charge is 2.04. The zero-order chi connectivity index (χ0) is 15.9. The highest BCUT2D eigenvalue weighted by molar-refractivity contribution is 5.95. The predicted octanol–water partition coefficient (Wildman–Crippen LogP) is 3.47. The lowest BCUT2D eigenvalue weighted by atomic mass is 10.1. The van der Waals surface area contributed by atoms with Gasteiger partial charge in [0.25, 0.3) is 0 Å². The molecule has 2 N–H and O–H groups in total. The van der Waals surface area contributed by atoms with Crippen molar-refractivity contribution < 1.29 is 14.0 Å². The number of carbonyl (C=O) groups is 2. The molecule has 0 heterocycles. The summed E-state index contributed by atoms with van der Waals surface area (Å²) >= 11 is 0. The van der Waals surface area contributed by atoms with E-state index in [0.29, 0.717) is 23.5 Å². The van der Waals surface area contributed by atoms with E-state index >= 15 is 0 Å². The number of anilines is 2.